The molecule has 0 radical (unpaired) electrons. The molecule has 0 saturated heterocycles. The highest BCUT2D eigenvalue weighted by atomic mass is 19.4. The normalized spacial score (nSPS) is 17.7. The second-order valence-electron chi connectivity index (χ2n) is 8.83. The van der Waals surface area contributed by atoms with Crippen molar-refractivity contribution >= 4 is 28.7 Å². The number of carbonyl (C=O) groups excluding carboxylic acids is 1. The SMILES string of the molecule is CC1(C)C(C(=O)Nc2ccc(Nc3cccc4nc(C(F)(F)F)cn34)cc2)C1(C)C. The molecule has 8 heteroatoms. The lowest BCUT2D eigenvalue weighted by molar-refractivity contribution is -0.140. The number of halogens is 3. The van der Waals surface area contributed by atoms with E-state index in [1.165, 1.54) is 10.5 Å². The molecule has 0 bridgehead atoms. The molecule has 158 valence electrons. The Bertz CT molecular complexity index is 1100. The summed E-state index contributed by atoms with van der Waals surface area (Å²) in [6, 6.07) is 11.9. The number of alkyl halides is 3. The van der Waals surface area contributed by atoms with Crippen molar-refractivity contribution in [2.24, 2.45) is 16.7 Å². The summed E-state index contributed by atoms with van der Waals surface area (Å²) in [6.07, 6.45) is -3.54. The van der Waals surface area contributed by atoms with E-state index in [2.05, 4.69) is 43.3 Å². The lowest BCUT2D eigenvalue weighted by atomic mass is 10.0. The summed E-state index contributed by atoms with van der Waals surface area (Å²) in [6.45, 7) is 8.35. The van der Waals surface area contributed by atoms with Crippen molar-refractivity contribution in [1.82, 2.24) is 9.38 Å². The minimum absolute atomic E-state index is 0.00595. The van der Waals surface area contributed by atoms with E-state index in [9.17, 15) is 18.0 Å². The van der Waals surface area contributed by atoms with Gasteiger partial charge in [0.1, 0.15) is 11.5 Å². The third-order valence-electron chi connectivity index (χ3n) is 6.49. The summed E-state index contributed by atoms with van der Waals surface area (Å²) in [7, 11) is 0. The molecular weight excluding hydrogens is 393 g/mol. The van der Waals surface area contributed by atoms with Crippen LogP contribution in [0.15, 0.2) is 48.7 Å². The van der Waals surface area contributed by atoms with Gasteiger partial charge in [-0.1, -0.05) is 33.8 Å². The zero-order valence-corrected chi connectivity index (χ0v) is 17.1. The Labute approximate surface area is 172 Å². The van der Waals surface area contributed by atoms with E-state index in [1.54, 1.807) is 36.4 Å². The molecule has 0 spiro atoms. The first-order valence-corrected chi connectivity index (χ1v) is 9.64. The maximum atomic E-state index is 13.0. The Hall–Kier alpha value is -3.03. The number of nitrogens with zero attached hydrogens (tertiary/aromatic N) is 2. The molecule has 5 nitrogen and oxygen atoms in total. The summed E-state index contributed by atoms with van der Waals surface area (Å²) < 4.78 is 40.2. The largest absolute Gasteiger partial charge is 0.434 e. The Morgan fingerprint density at radius 3 is 2.17 bits per heavy atom. The number of hydrogen-bond donors (Lipinski definition) is 2. The monoisotopic (exact) mass is 416 g/mol. The summed E-state index contributed by atoms with van der Waals surface area (Å²) >= 11 is 0. The van der Waals surface area contributed by atoms with E-state index in [0.29, 0.717) is 17.2 Å². The highest BCUT2D eigenvalue weighted by Gasteiger charge is 2.68. The van der Waals surface area contributed by atoms with Crippen LogP contribution >= 0.6 is 0 Å². The van der Waals surface area contributed by atoms with E-state index in [4.69, 9.17) is 0 Å². The second-order valence-corrected chi connectivity index (χ2v) is 8.83. The fraction of sp³-hybridized carbons (Fsp3) is 0.364. The first-order valence-electron chi connectivity index (χ1n) is 9.64. The molecule has 2 heterocycles. The molecule has 30 heavy (non-hydrogen) atoms. The highest BCUT2D eigenvalue weighted by Crippen LogP contribution is 2.68. The quantitative estimate of drug-likeness (QED) is 0.572. The van der Waals surface area contributed by atoms with E-state index >= 15 is 0 Å². The molecule has 1 aliphatic carbocycles. The van der Waals surface area contributed by atoms with Gasteiger partial charge in [-0.2, -0.15) is 13.2 Å². The molecule has 1 aliphatic rings. The van der Waals surface area contributed by atoms with Crippen molar-refractivity contribution in [3.63, 3.8) is 0 Å². The molecule has 1 fully saturated rings. The van der Waals surface area contributed by atoms with Gasteiger partial charge >= 0.3 is 6.18 Å². The van der Waals surface area contributed by atoms with Gasteiger partial charge in [-0.05, 0) is 47.2 Å². The van der Waals surface area contributed by atoms with Gasteiger partial charge in [0.05, 0.1) is 0 Å². The average Bonchev–Trinajstić information content (AvgIpc) is 2.97. The van der Waals surface area contributed by atoms with Crippen LogP contribution in [-0.2, 0) is 11.0 Å². The molecule has 2 N–H and O–H groups in total. The summed E-state index contributed by atoms with van der Waals surface area (Å²) in [5, 5.41) is 6.05. The number of hydrogen-bond acceptors (Lipinski definition) is 3. The second kappa shape index (κ2) is 6.48. The van der Waals surface area contributed by atoms with Gasteiger partial charge in [0.25, 0.3) is 0 Å². The molecule has 1 saturated carbocycles. The van der Waals surface area contributed by atoms with Gasteiger partial charge in [-0.25, -0.2) is 4.98 Å². The Balaban J connectivity index is 1.49. The maximum Gasteiger partial charge on any atom is 0.434 e. The van der Waals surface area contributed by atoms with E-state index in [-0.39, 0.29) is 28.3 Å². The number of fused-ring (bicyclic) bond motifs is 1. The Morgan fingerprint density at radius 1 is 1.00 bits per heavy atom. The molecule has 4 rings (SSSR count). The zero-order chi connectivity index (χ0) is 21.9. The lowest BCUT2D eigenvalue weighted by Gasteiger charge is -2.11. The van der Waals surface area contributed by atoms with Gasteiger partial charge in [0.2, 0.25) is 5.91 Å². The van der Waals surface area contributed by atoms with Crippen molar-refractivity contribution in [3.05, 3.63) is 54.4 Å². The van der Waals surface area contributed by atoms with Gasteiger partial charge in [-0.15, -0.1) is 0 Å². The van der Waals surface area contributed by atoms with Crippen LogP contribution in [0.2, 0.25) is 0 Å². The summed E-state index contributed by atoms with van der Waals surface area (Å²) in [5.74, 6) is 0.395. The predicted octanol–water partition coefficient (Wildman–Crippen LogP) is 5.72. The van der Waals surface area contributed by atoms with Gasteiger partial charge in [0, 0.05) is 23.5 Å². The minimum atomic E-state index is -4.51. The van der Waals surface area contributed by atoms with Crippen molar-refractivity contribution in [2.45, 2.75) is 33.9 Å². The van der Waals surface area contributed by atoms with Crippen LogP contribution in [0.5, 0.6) is 0 Å². The van der Waals surface area contributed by atoms with Gasteiger partial charge in [0.15, 0.2) is 5.69 Å². The lowest BCUT2D eigenvalue weighted by Crippen LogP contribution is -2.17. The van der Waals surface area contributed by atoms with Crippen LogP contribution in [0.1, 0.15) is 33.4 Å². The zero-order valence-electron chi connectivity index (χ0n) is 17.1. The van der Waals surface area contributed by atoms with Crippen molar-refractivity contribution in [2.75, 3.05) is 10.6 Å². The topological polar surface area (TPSA) is 58.4 Å². The number of imidazole rings is 1. The van der Waals surface area contributed by atoms with Crippen molar-refractivity contribution in [3.8, 4) is 0 Å². The number of nitrogens with one attached hydrogen (secondary N) is 2. The number of amides is 1. The summed E-state index contributed by atoms with van der Waals surface area (Å²) in [4.78, 5) is 16.2. The van der Waals surface area contributed by atoms with Crippen LogP contribution in [0.4, 0.5) is 30.4 Å². The standard InChI is InChI=1S/C22H23F3N4O/c1-20(2)18(21(20,3)4)19(30)27-14-10-8-13(9-11-14)26-16-6-5-7-17-28-15(12-29(16)17)22(23,24)25/h5-12,18,26H,1-4H3,(H,27,30). The molecule has 3 aromatic rings. The number of anilines is 3. The minimum Gasteiger partial charge on any atom is -0.341 e. The Morgan fingerprint density at radius 2 is 1.60 bits per heavy atom. The number of benzene rings is 1. The van der Waals surface area contributed by atoms with Crippen LogP contribution in [0.3, 0.4) is 0 Å². The van der Waals surface area contributed by atoms with E-state index in [0.717, 1.165) is 6.20 Å². The summed E-state index contributed by atoms with van der Waals surface area (Å²) in [5.41, 5.74) is 0.514. The molecule has 1 amide bonds. The molecule has 0 unspecified atom stereocenters. The first kappa shape index (κ1) is 20.3. The number of aromatic nitrogens is 2. The molecule has 0 atom stereocenters. The van der Waals surface area contributed by atoms with Gasteiger partial charge < -0.3 is 10.6 Å². The predicted molar refractivity (Wildman–Crippen MR) is 110 cm³/mol. The average molecular weight is 416 g/mol. The van der Waals surface area contributed by atoms with E-state index in [1.807, 2.05) is 0 Å². The number of pyridine rings is 1. The van der Waals surface area contributed by atoms with Crippen LogP contribution in [-0.4, -0.2) is 15.3 Å². The third kappa shape index (κ3) is 3.30. The highest BCUT2D eigenvalue weighted by molar-refractivity contribution is 5.96. The fourth-order valence-corrected chi connectivity index (χ4v) is 4.10. The maximum absolute atomic E-state index is 13.0. The smallest absolute Gasteiger partial charge is 0.341 e. The van der Waals surface area contributed by atoms with Crippen molar-refractivity contribution < 1.29 is 18.0 Å². The van der Waals surface area contributed by atoms with Crippen molar-refractivity contribution in [1.29, 1.82) is 0 Å². The number of rotatable bonds is 4. The first-order chi connectivity index (χ1) is 13.9. The van der Waals surface area contributed by atoms with Crippen LogP contribution < -0.4 is 10.6 Å². The van der Waals surface area contributed by atoms with Crippen LogP contribution in [0.25, 0.3) is 5.65 Å². The molecule has 0 aliphatic heterocycles. The molecular formula is C22H23F3N4O. The van der Waals surface area contributed by atoms with E-state index < -0.39 is 11.9 Å². The third-order valence-corrected chi connectivity index (χ3v) is 6.49. The van der Waals surface area contributed by atoms with Gasteiger partial charge in [-0.3, -0.25) is 9.20 Å². The molecule has 2 aromatic heterocycles. The van der Waals surface area contributed by atoms with Crippen LogP contribution in [0, 0.1) is 16.7 Å². The fourth-order valence-electron chi connectivity index (χ4n) is 4.10. The molecule has 1 aromatic carbocycles. The number of carbonyl (C=O) groups is 1. The Kier molecular flexibility index (Phi) is 4.38.